The number of nitrogens with zero attached hydrogens (tertiary/aromatic N) is 4. The topological polar surface area (TPSA) is 101 Å². The molecule has 7 nitrogen and oxygen atoms in total. The van der Waals surface area contributed by atoms with Crippen LogP contribution in [0.1, 0.15) is 71.6 Å². The number of aromatic nitrogens is 4. The molecule has 0 bridgehead atoms. The van der Waals surface area contributed by atoms with Crippen LogP contribution < -0.4 is 10.5 Å². The molecule has 3 aromatic rings. The van der Waals surface area contributed by atoms with Crippen LogP contribution in [0.4, 0.5) is 5.82 Å². The number of hydrogen-bond donors (Lipinski definition) is 2. The second-order valence-electron chi connectivity index (χ2n) is 8.80. The summed E-state index contributed by atoms with van der Waals surface area (Å²) >= 11 is 0. The molecule has 1 saturated heterocycles. The van der Waals surface area contributed by atoms with Crippen molar-refractivity contribution in [3.05, 3.63) is 52.3 Å². The van der Waals surface area contributed by atoms with Crippen LogP contribution in [-0.4, -0.2) is 33.0 Å². The zero-order chi connectivity index (χ0) is 24.4. The van der Waals surface area contributed by atoms with Crippen molar-refractivity contribution >= 4 is 16.9 Å². The number of nitrogens with one attached hydrogen (secondary N) is 2. The molecule has 2 atom stereocenters. The van der Waals surface area contributed by atoms with Gasteiger partial charge < -0.3 is 14.9 Å². The molecule has 3 aromatic heterocycles. The third-order valence-corrected chi connectivity index (χ3v) is 6.48. The number of fused-ring (bicyclic) bond motifs is 1. The van der Waals surface area contributed by atoms with Gasteiger partial charge in [-0.1, -0.05) is 47.5 Å². The van der Waals surface area contributed by atoms with E-state index < -0.39 is 0 Å². The fourth-order valence-electron chi connectivity index (χ4n) is 4.23. The van der Waals surface area contributed by atoms with Gasteiger partial charge >= 0.3 is 0 Å². The maximum absolute atomic E-state index is 10.8. The molecule has 1 aliphatic rings. The van der Waals surface area contributed by atoms with Gasteiger partial charge in [-0.2, -0.15) is 5.26 Å². The second-order valence-corrected chi connectivity index (χ2v) is 8.80. The monoisotopic (exact) mass is 450 g/mol. The Morgan fingerprint density at radius 3 is 2.70 bits per heavy atom. The van der Waals surface area contributed by atoms with E-state index in [1.807, 2.05) is 20.0 Å². The van der Waals surface area contributed by atoms with E-state index in [2.05, 4.69) is 51.7 Å². The predicted molar refractivity (Wildman–Crippen MR) is 135 cm³/mol. The first-order chi connectivity index (χ1) is 15.9. The lowest BCUT2D eigenvalue weighted by molar-refractivity contribution is 0.149. The standard InChI is InChI=1S/C17H26N4.C7H6N2O.C2H6/c1-4-5-8-17(3)11-21(10-7-13(17)2)16-14-6-9-18-15(14)19-12-20-16;1-5-2-3-6(4-8)7(10)9-5;1-2/h6,9,12-13H,4-5,7-8,10-11H2,1-3H3,(H,18,19,20);2-3H,1H3,(H,9,10);1-2H3. The maximum atomic E-state index is 10.8. The summed E-state index contributed by atoms with van der Waals surface area (Å²) in [6.07, 6.45) is 8.77. The average Bonchev–Trinajstić information content (AvgIpc) is 3.31. The molecule has 2 unspecified atom stereocenters. The van der Waals surface area contributed by atoms with Gasteiger partial charge in [-0.25, -0.2) is 9.97 Å². The van der Waals surface area contributed by atoms with Gasteiger partial charge in [0.15, 0.2) is 0 Å². The van der Waals surface area contributed by atoms with Crippen molar-refractivity contribution in [3.63, 3.8) is 0 Å². The maximum Gasteiger partial charge on any atom is 0.266 e. The SMILES string of the molecule is CC.CCCCC1(C)CN(c2ncnc3[nH]ccc23)CCC1C.Cc1ccc(C#N)c(=O)[nH]1. The number of pyridine rings is 1. The van der Waals surface area contributed by atoms with Crippen LogP contribution in [0.25, 0.3) is 11.0 Å². The van der Waals surface area contributed by atoms with Crippen LogP contribution in [0, 0.1) is 29.6 Å². The van der Waals surface area contributed by atoms with Gasteiger partial charge in [0.1, 0.15) is 29.4 Å². The van der Waals surface area contributed by atoms with E-state index in [0.29, 0.717) is 5.41 Å². The summed E-state index contributed by atoms with van der Waals surface area (Å²) in [6.45, 7) is 15.1. The summed E-state index contributed by atoms with van der Waals surface area (Å²) in [7, 11) is 0. The molecule has 33 heavy (non-hydrogen) atoms. The number of unbranched alkanes of at least 4 members (excludes halogenated alkanes) is 1. The zero-order valence-corrected chi connectivity index (χ0v) is 20.9. The molecular formula is C26H38N6O. The van der Waals surface area contributed by atoms with Crippen molar-refractivity contribution in [3.8, 4) is 6.07 Å². The van der Waals surface area contributed by atoms with Crippen molar-refractivity contribution in [1.82, 2.24) is 19.9 Å². The number of aryl methyl sites for hydroxylation is 1. The first kappa shape index (κ1) is 26.1. The molecule has 0 aromatic carbocycles. The summed E-state index contributed by atoms with van der Waals surface area (Å²) in [5.74, 6) is 1.87. The minimum atomic E-state index is -0.317. The molecule has 1 fully saturated rings. The van der Waals surface area contributed by atoms with Crippen LogP contribution in [0.15, 0.2) is 35.5 Å². The highest BCUT2D eigenvalue weighted by atomic mass is 16.1. The van der Waals surface area contributed by atoms with Gasteiger partial charge in [0.2, 0.25) is 0 Å². The Morgan fingerprint density at radius 2 is 2.03 bits per heavy atom. The van der Waals surface area contributed by atoms with Crippen LogP contribution in [-0.2, 0) is 0 Å². The highest BCUT2D eigenvalue weighted by Gasteiger charge is 2.37. The van der Waals surface area contributed by atoms with Gasteiger partial charge in [-0.15, -0.1) is 0 Å². The van der Waals surface area contributed by atoms with Crippen LogP contribution >= 0.6 is 0 Å². The average molecular weight is 451 g/mol. The van der Waals surface area contributed by atoms with Crippen molar-refractivity contribution in [1.29, 1.82) is 5.26 Å². The van der Waals surface area contributed by atoms with E-state index in [1.54, 1.807) is 25.4 Å². The van der Waals surface area contributed by atoms with E-state index in [-0.39, 0.29) is 11.1 Å². The number of anilines is 1. The Morgan fingerprint density at radius 1 is 1.27 bits per heavy atom. The van der Waals surface area contributed by atoms with Gasteiger partial charge in [-0.3, -0.25) is 4.79 Å². The fraction of sp³-hybridized carbons (Fsp3) is 0.538. The van der Waals surface area contributed by atoms with E-state index in [0.717, 1.165) is 41.6 Å². The van der Waals surface area contributed by atoms with Crippen LogP contribution in [0.3, 0.4) is 0 Å². The number of hydrogen-bond acceptors (Lipinski definition) is 5. The molecule has 178 valence electrons. The summed E-state index contributed by atoms with van der Waals surface area (Å²) in [5, 5.41) is 9.48. The highest BCUT2D eigenvalue weighted by Crippen LogP contribution is 2.41. The van der Waals surface area contributed by atoms with Crippen molar-refractivity contribution in [2.75, 3.05) is 18.0 Å². The van der Waals surface area contributed by atoms with Gasteiger partial charge in [0.05, 0.1) is 5.39 Å². The molecule has 4 rings (SSSR count). The second kappa shape index (κ2) is 12.2. The minimum absolute atomic E-state index is 0.158. The summed E-state index contributed by atoms with van der Waals surface area (Å²) < 4.78 is 0. The lowest BCUT2D eigenvalue weighted by atomic mass is 9.70. The van der Waals surface area contributed by atoms with E-state index in [4.69, 9.17) is 5.26 Å². The summed E-state index contributed by atoms with van der Waals surface area (Å²) in [6, 6.07) is 7.07. The Balaban J connectivity index is 0.000000270. The molecule has 4 heterocycles. The molecule has 0 amide bonds. The largest absolute Gasteiger partial charge is 0.355 e. The molecule has 7 heteroatoms. The third-order valence-electron chi connectivity index (χ3n) is 6.48. The molecular weight excluding hydrogens is 412 g/mol. The van der Waals surface area contributed by atoms with Crippen LogP contribution in [0.2, 0.25) is 0 Å². The first-order valence-electron chi connectivity index (χ1n) is 12.0. The molecule has 0 aliphatic carbocycles. The number of rotatable bonds is 4. The van der Waals surface area contributed by atoms with Crippen molar-refractivity contribution in [2.45, 2.75) is 67.2 Å². The Bertz CT molecular complexity index is 1110. The summed E-state index contributed by atoms with van der Waals surface area (Å²) in [5.41, 5.74) is 1.94. The highest BCUT2D eigenvalue weighted by molar-refractivity contribution is 5.87. The lowest BCUT2D eigenvalue weighted by Crippen LogP contribution is -2.46. The zero-order valence-electron chi connectivity index (χ0n) is 20.9. The Labute approximate surface area is 197 Å². The Hall–Kier alpha value is -3.14. The molecule has 0 saturated carbocycles. The lowest BCUT2D eigenvalue weighted by Gasteiger charge is -2.46. The summed E-state index contributed by atoms with van der Waals surface area (Å²) in [4.78, 5) is 27.8. The molecule has 1 aliphatic heterocycles. The predicted octanol–water partition coefficient (Wildman–Crippen LogP) is 5.58. The fourth-order valence-corrected chi connectivity index (χ4v) is 4.23. The minimum Gasteiger partial charge on any atom is -0.355 e. The number of aromatic amines is 2. The Kier molecular flexibility index (Phi) is 9.65. The number of nitriles is 1. The van der Waals surface area contributed by atoms with Gasteiger partial charge in [0.25, 0.3) is 5.56 Å². The third kappa shape index (κ3) is 6.44. The van der Waals surface area contributed by atoms with E-state index >= 15 is 0 Å². The molecule has 2 N–H and O–H groups in total. The van der Waals surface area contributed by atoms with E-state index in [1.165, 1.54) is 31.7 Å². The first-order valence-corrected chi connectivity index (χ1v) is 12.0. The quantitative estimate of drug-likeness (QED) is 0.540. The molecule has 0 radical (unpaired) electrons. The smallest absolute Gasteiger partial charge is 0.266 e. The normalized spacial score (nSPS) is 19.7. The number of piperidine rings is 1. The van der Waals surface area contributed by atoms with Crippen molar-refractivity contribution in [2.24, 2.45) is 11.3 Å². The number of H-pyrrole nitrogens is 2. The van der Waals surface area contributed by atoms with E-state index in [9.17, 15) is 4.79 Å². The van der Waals surface area contributed by atoms with Crippen molar-refractivity contribution < 1.29 is 0 Å². The molecule has 0 spiro atoms. The van der Waals surface area contributed by atoms with Crippen LogP contribution in [0.5, 0.6) is 0 Å². The van der Waals surface area contributed by atoms with Gasteiger partial charge in [-0.05, 0) is 49.3 Å². The van der Waals surface area contributed by atoms with Gasteiger partial charge in [0, 0.05) is 25.0 Å².